The minimum absolute atomic E-state index is 0.170. The van der Waals surface area contributed by atoms with Crippen LogP contribution in [-0.2, 0) is 4.74 Å². The molecule has 0 spiro atoms. The number of morpholine rings is 1. The molecular formula is C14H17F2NO3. The van der Waals surface area contributed by atoms with Crippen molar-refractivity contribution in [1.82, 2.24) is 0 Å². The van der Waals surface area contributed by atoms with E-state index < -0.39 is 28.8 Å². The topological polar surface area (TPSA) is 49.8 Å². The zero-order valence-electron chi connectivity index (χ0n) is 11.6. The maximum Gasteiger partial charge on any atom is 0.335 e. The largest absolute Gasteiger partial charge is 0.478 e. The number of ether oxygens (including phenoxy) is 1. The molecule has 1 aliphatic heterocycles. The van der Waals surface area contributed by atoms with Gasteiger partial charge in [-0.1, -0.05) is 0 Å². The van der Waals surface area contributed by atoms with Crippen molar-refractivity contribution < 1.29 is 23.4 Å². The van der Waals surface area contributed by atoms with Gasteiger partial charge in [-0.3, -0.25) is 0 Å². The summed E-state index contributed by atoms with van der Waals surface area (Å²) >= 11 is 0. The lowest BCUT2D eigenvalue weighted by molar-refractivity contribution is -0.0752. The summed E-state index contributed by atoms with van der Waals surface area (Å²) in [6.45, 7) is 6.20. The molecule has 1 aromatic rings. The number of carboxylic acid groups (broad SMARTS) is 1. The van der Waals surface area contributed by atoms with Crippen molar-refractivity contribution in [2.45, 2.75) is 32.5 Å². The molecule has 1 fully saturated rings. The minimum Gasteiger partial charge on any atom is -0.478 e. The van der Waals surface area contributed by atoms with Crippen molar-refractivity contribution in [2.75, 3.05) is 18.0 Å². The standard InChI is InChI=1S/C14H17F2NO3/c1-8-6-17(7-14(2,3)20-8)12-10(15)4-9(13(18)19)5-11(12)16/h4-5,8H,6-7H2,1-3H3,(H,18,19). The van der Waals surface area contributed by atoms with Crippen LogP contribution in [0.25, 0.3) is 0 Å². The molecule has 6 heteroatoms. The van der Waals surface area contributed by atoms with Crippen LogP contribution in [-0.4, -0.2) is 35.9 Å². The van der Waals surface area contributed by atoms with Gasteiger partial charge in [-0.2, -0.15) is 0 Å². The van der Waals surface area contributed by atoms with Crippen molar-refractivity contribution >= 4 is 11.7 Å². The summed E-state index contributed by atoms with van der Waals surface area (Å²) in [6.07, 6.45) is -0.170. The Balaban J connectivity index is 2.40. The normalized spacial score (nSPS) is 21.9. The van der Waals surface area contributed by atoms with Gasteiger partial charge in [0.2, 0.25) is 0 Å². The van der Waals surface area contributed by atoms with Gasteiger partial charge < -0.3 is 14.7 Å². The van der Waals surface area contributed by atoms with Crippen LogP contribution in [0.5, 0.6) is 0 Å². The molecule has 0 aromatic heterocycles. The SMILES string of the molecule is CC1CN(c2c(F)cc(C(=O)O)cc2F)CC(C)(C)O1. The van der Waals surface area contributed by atoms with Crippen LogP contribution in [0.4, 0.5) is 14.5 Å². The van der Waals surface area contributed by atoms with Crippen LogP contribution >= 0.6 is 0 Å². The summed E-state index contributed by atoms with van der Waals surface area (Å²) in [5, 5.41) is 8.79. The maximum atomic E-state index is 14.0. The molecule has 1 atom stereocenters. The van der Waals surface area contributed by atoms with E-state index in [1.165, 1.54) is 0 Å². The second-order valence-corrected chi connectivity index (χ2v) is 5.66. The molecule has 0 aliphatic carbocycles. The third-order valence-electron chi connectivity index (χ3n) is 3.15. The zero-order chi connectivity index (χ0) is 15.1. The van der Waals surface area contributed by atoms with Gasteiger partial charge in [0.05, 0.1) is 17.3 Å². The molecule has 2 rings (SSSR count). The first kappa shape index (κ1) is 14.7. The van der Waals surface area contributed by atoms with Crippen molar-refractivity contribution in [3.8, 4) is 0 Å². The number of carbonyl (C=O) groups is 1. The number of benzene rings is 1. The number of nitrogens with zero attached hydrogens (tertiary/aromatic N) is 1. The van der Waals surface area contributed by atoms with Gasteiger partial charge in [-0.15, -0.1) is 0 Å². The van der Waals surface area contributed by atoms with Crippen LogP contribution in [0.1, 0.15) is 31.1 Å². The van der Waals surface area contributed by atoms with Gasteiger partial charge in [0, 0.05) is 13.1 Å². The first-order valence-electron chi connectivity index (χ1n) is 6.35. The lowest BCUT2D eigenvalue weighted by Gasteiger charge is -2.43. The fraction of sp³-hybridized carbons (Fsp3) is 0.500. The van der Waals surface area contributed by atoms with Gasteiger partial charge >= 0.3 is 5.97 Å². The quantitative estimate of drug-likeness (QED) is 0.907. The van der Waals surface area contributed by atoms with E-state index in [2.05, 4.69) is 0 Å². The predicted octanol–water partition coefficient (Wildman–Crippen LogP) is 2.67. The number of aromatic carboxylic acids is 1. The first-order chi connectivity index (χ1) is 9.19. The number of halogens is 2. The molecule has 20 heavy (non-hydrogen) atoms. The predicted molar refractivity (Wildman–Crippen MR) is 70.2 cm³/mol. The third kappa shape index (κ3) is 2.90. The van der Waals surface area contributed by atoms with Crippen LogP contribution in [0.3, 0.4) is 0 Å². The minimum atomic E-state index is -1.36. The highest BCUT2D eigenvalue weighted by Gasteiger charge is 2.34. The van der Waals surface area contributed by atoms with E-state index in [1.54, 1.807) is 4.90 Å². The molecule has 1 saturated heterocycles. The summed E-state index contributed by atoms with van der Waals surface area (Å²) in [6, 6.07) is 1.68. The van der Waals surface area contributed by atoms with Crippen molar-refractivity contribution in [2.24, 2.45) is 0 Å². The fourth-order valence-electron chi connectivity index (χ4n) is 2.62. The number of carboxylic acids is 1. The van der Waals surface area contributed by atoms with Gasteiger partial charge in [-0.05, 0) is 32.9 Å². The molecule has 0 saturated carbocycles. The lowest BCUT2D eigenvalue weighted by Crippen LogP contribution is -2.52. The summed E-state index contributed by atoms with van der Waals surface area (Å²) in [4.78, 5) is 12.3. The maximum absolute atomic E-state index is 14.0. The molecular weight excluding hydrogens is 268 g/mol. The highest BCUT2D eigenvalue weighted by Crippen LogP contribution is 2.30. The van der Waals surface area contributed by atoms with Crippen LogP contribution in [0.2, 0.25) is 0 Å². The monoisotopic (exact) mass is 285 g/mol. The summed E-state index contributed by atoms with van der Waals surface area (Å²) < 4.78 is 33.8. The molecule has 0 bridgehead atoms. The Morgan fingerprint density at radius 1 is 1.40 bits per heavy atom. The summed E-state index contributed by atoms with van der Waals surface area (Å²) in [7, 11) is 0. The van der Waals surface area contributed by atoms with Gasteiger partial charge in [-0.25, -0.2) is 13.6 Å². The number of hydrogen-bond acceptors (Lipinski definition) is 3. The molecule has 110 valence electrons. The van der Waals surface area contributed by atoms with Crippen molar-refractivity contribution in [3.63, 3.8) is 0 Å². The number of anilines is 1. The summed E-state index contributed by atoms with van der Waals surface area (Å²) in [5.41, 5.74) is -1.12. The lowest BCUT2D eigenvalue weighted by atomic mass is 10.0. The van der Waals surface area contributed by atoms with E-state index in [4.69, 9.17) is 9.84 Å². The van der Waals surface area contributed by atoms with E-state index in [0.717, 1.165) is 12.1 Å². The van der Waals surface area contributed by atoms with Crippen molar-refractivity contribution in [3.05, 3.63) is 29.3 Å². The molecule has 1 aromatic carbocycles. The smallest absolute Gasteiger partial charge is 0.335 e. The first-order valence-corrected chi connectivity index (χ1v) is 6.35. The van der Waals surface area contributed by atoms with E-state index >= 15 is 0 Å². The summed E-state index contributed by atoms with van der Waals surface area (Å²) in [5.74, 6) is -3.09. The fourth-order valence-corrected chi connectivity index (χ4v) is 2.62. The third-order valence-corrected chi connectivity index (χ3v) is 3.15. The van der Waals surface area contributed by atoms with Crippen molar-refractivity contribution in [1.29, 1.82) is 0 Å². The van der Waals surface area contributed by atoms with Gasteiger partial charge in [0.25, 0.3) is 0 Å². The molecule has 0 radical (unpaired) electrons. The van der Waals surface area contributed by atoms with Crippen LogP contribution in [0, 0.1) is 11.6 Å². The molecule has 1 N–H and O–H groups in total. The zero-order valence-corrected chi connectivity index (χ0v) is 11.6. The average molecular weight is 285 g/mol. The Kier molecular flexibility index (Phi) is 3.69. The van der Waals surface area contributed by atoms with Crippen LogP contribution < -0.4 is 4.90 Å². The van der Waals surface area contributed by atoms with E-state index in [9.17, 15) is 13.6 Å². The van der Waals surface area contributed by atoms with Gasteiger partial charge in [0.15, 0.2) is 0 Å². The second-order valence-electron chi connectivity index (χ2n) is 5.66. The Hall–Kier alpha value is -1.69. The van der Waals surface area contributed by atoms with Gasteiger partial charge in [0.1, 0.15) is 17.3 Å². The van der Waals surface area contributed by atoms with E-state index in [0.29, 0.717) is 13.1 Å². The Morgan fingerprint density at radius 3 is 2.40 bits per heavy atom. The molecule has 1 unspecified atom stereocenters. The Labute approximate surface area is 116 Å². The molecule has 1 heterocycles. The van der Waals surface area contributed by atoms with E-state index in [-0.39, 0.29) is 11.8 Å². The molecule has 4 nitrogen and oxygen atoms in total. The average Bonchev–Trinajstić information content (AvgIpc) is 2.24. The number of hydrogen-bond donors (Lipinski definition) is 1. The van der Waals surface area contributed by atoms with Crippen LogP contribution in [0.15, 0.2) is 12.1 Å². The number of rotatable bonds is 2. The highest BCUT2D eigenvalue weighted by atomic mass is 19.1. The molecule has 0 amide bonds. The highest BCUT2D eigenvalue weighted by molar-refractivity contribution is 5.88. The molecule has 1 aliphatic rings. The Morgan fingerprint density at radius 2 is 1.95 bits per heavy atom. The second kappa shape index (κ2) is 5.01. The Bertz CT molecular complexity index is 522. The van der Waals surface area contributed by atoms with E-state index in [1.807, 2.05) is 20.8 Å².